The molecule has 5 nitrogen and oxygen atoms in total. The average Bonchev–Trinajstić information content (AvgIpc) is 3.20. The van der Waals surface area contributed by atoms with Gasteiger partial charge in [-0.3, -0.25) is 4.79 Å². The number of fused-ring (bicyclic) bond motifs is 2. The number of nitrogens with one attached hydrogen (secondary N) is 1. The summed E-state index contributed by atoms with van der Waals surface area (Å²) in [6, 6.07) is 4.18. The van der Waals surface area contributed by atoms with E-state index in [9.17, 15) is 4.79 Å². The van der Waals surface area contributed by atoms with Crippen molar-refractivity contribution in [2.24, 2.45) is 0 Å². The molecule has 0 saturated heterocycles. The van der Waals surface area contributed by atoms with Gasteiger partial charge in [-0.1, -0.05) is 6.07 Å². The second-order valence-corrected chi connectivity index (χ2v) is 10.1. The van der Waals surface area contributed by atoms with Gasteiger partial charge in [0.25, 0.3) is 5.91 Å². The molecule has 0 spiro atoms. The van der Waals surface area contributed by atoms with Crippen molar-refractivity contribution in [3.8, 4) is 10.4 Å². The van der Waals surface area contributed by atoms with Crippen molar-refractivity contribution in [2.45, 2.75) is 39.3 Å². The third-order valence-corrected chi connectivity index (χ3v) is 6.67. The van der Waals surface area contributed by atoms with Crippen LogP contribution in [0, 0.1) is 0 Å². The highest BCUT2D eigenvalue weighted by Gasteiger charge is 2.28. The number of hydrogen-bond acceptors (Lipinski definition) is 6. The van der Waals surface area contributed by atoms with Crippen molar-refractivity contribution >= 4 is 44.5 Å². The molecule has 0 aliphatic carbocycles. The van der Waals surface area contributed by atoms with E-state index in [2.05, 4.69) is 34.8 Å². The van der Waals surface area contributed by atoms with Crippen molar-refractivity contribution in [1.82, 2.24) is 15.2 Å². The van der Waals surface area contributed by atoms with Gasteiger partial charge in [0.1, 0.15) is 9.71 Å². The molecule has 0 saturated carbocycles. The molecular formula is C20H24N4OS2. The SMILES string of the molecule is CN1CCc2nc3sc(C(=O)NC(C)(C)C)c(N)c3c(-c3cccs3)c2C1. The molecule has 3 aromatic heterocycles. The molecule has 0 atom stereocenters. The summed E-state index contributed by atoms with van der Waals surface area (Å²) in [7, 11) is 2.13. The predicted octanol–water partition coefficient (Wildman–Crippen LogP) is 4.12. The zero-order chi connectivity index (χ0) is 19.3. The number of likely N-dealkylation sites (N-methyl/N-ethyl adjacent to an activating group) is 1. The number of nitrogens with zero attached hydrogens (tertiary/aromatic N) is 2. The number of carbonyl (C=O) groups excluding carboxylic acids is 1. The Kier molecular flexibility index (Phi) is 4.49. The Labute approximate surface area is 167 Å². The first-order chi connectivity index (χ1) is 12.7. The molecule has 1 aliphatic heterocycles. The minimum Gasteiger partial charge on any atom is -0.397 e. The maximum absolute atomic E-state index is 12.8. The van der Waals surface area contributed by atoms with Gasteiger partial charge in [-0.25, -0.2) is 4.98 Å². The van der Waals surface area contributed by atoms with Gasteiger partial charge in [0.15, 0.2) is 0 Å². The lowest BCUT2D eigenvalue weighted by Crippen LogP contribution is -2.40. The molecule has 7 heteroatoms. The minimum atomic E-state index is -0.314. The molecule has 27 heavy (non-hydrogen) atoms. The van der Waals surface area contributed by atoms with E-state index in [1.165, 1.54) is 21.8 Å². The summed E-state index contributed by atoms with van der Waals surface area (Å²) < 4.78 is 0. The first-order valence-corrected chi connectivity index (χ1v) is 10.7. The third-order valence-electron chi connectivity index (χ3n) is 4.68. The topological polar surface area (TPSA) is 71.2 Å². The lowest BCUT2D eigenvalue weighted by molar-refractivity contribution is 0.0924. The fourth-order valence-electron chi connectivity index (χ4n) is 3.52. The van der Waals surface area contributed by atoms with Gasteiger partial charge in [-0.15, -0.1) is 22.7 Å². The number of amides is 1. The second-order valence-electron chi connectivity index (χ2n) is 8.11. The number of pyridine rings is 1. The van der Waals surface area contributed by atoms with Gasteiger partial charge in [-0.2, -0.15) is 0 Å². The Morgan fingerprint density at radius 3 is 2.81 bits per heavy atom. The molecular weight excluding hydrogens is 376 g/mol. The van der Waals surface area contributed by atoms with E-state index in [0.717, 1.165) is 41.0 Å². The summed E-state index contributed by atoms with van der Waals surface area (Å²) in [5.41, 5.74) is 10.3. The lowest BCUT2D eigenvalue weighted by Gasteiger charge is -2.26. The van der Waals surface area contributed by atoms with Gasteiger partial charge < -0.3 is 16.0 Å². The Hall–Kier alpha value is -1.96. The highest BCUT2D eigenvalue weighted by Crippen LogP contribution is 2.44. The van der Waals surface area contributed by atoms with Crippen molar-refractivity contribution < 1.29 is 4.79 Å². The summed E-state index contributed by atoms with van der Waals surface area (Å²) in [4.78, 5) is 22.6. The third kappa shape index (κ3) is 3.35. The van der Waals surface area contributed by atoms with Crippen molar-refractivity contribution in [2.75, 3.05) is 19.3 Å². The number of carbonyl (C=O) groups is 1. The quantitative estimate of drug-likeness (QED) is 0.679. The van der Waals surface area contributed by atoms with Crippen molar-refractivity contribution in [1.29, 1.82) is 0 Å². The number of hydrogen-bond donors (Lipinski definition) is 2. The average molecular weight is 401 g/mol. The summed E-state index contributed by atoms with van der Waals surface area (Å²) in [6.45, 7) is 7.76. The first kappa shape index (κ1) is 18.4. The minimum absolute atomic E-state index is 0.129. The van der Waals surface area contributed by atoms with Crippen LogP contribution in [0.1, 0.15) is 41.7 Å². The molecule has 1 amide bonds. The number of anilines is 1. The molecule has 3 aromatic rings. The van der Waals surface area contributed by atoms with Gasteiger partial charge >= 0.3 is 0 Å². The van der Waals surface area contributed by atoms with Crippen LogP contribution in [0.25, 0.3) is 20.7 Å². The van der Waals surface area contributed by atoms with Crippen LogP contribution in [0.3, 0.4) is 0 Å². The molecule has 3 N–H and O–H groups in total. The van der Waals surface area contributed by atoms with Crippen LogP contribution in [0.15, 0.2) is 17.5 Å². The molecule has 0 unspecified atom stereocenters. The van der Waals surface area contributed by atoms with Crippen molar-refractivity contribution in [3.05, 3.63) is 33.6 Å². The van der Waals surface area contributed by atoms with Gasteiger partial charge in [-0.05, 0) is 44.8 Å². The first-order valence-electron chi connectivity index (χ1n) is 9.03. The summed E-state index contributed by atoms with van der Waals surface area (Å²) in [6.07, 6.45) is 0.918. The zero-order valence-electron chi connectivity index (χ0n) is 16.0. The van der Waals surface area contributed by atoms with E-state index in [4.69, 9.17) is 10.7 Å². The molecule has 0 fully saturated rings. The number of thiophene rings is 2. The van der Waals surface area contributed by atoms with E-state index >= 15 is 0 Å². The van der Waals surface area contributed by atoms with E-state index in [0.29, 0.717) is 10.6 Å². The fourth-order valence-corrected chi connectivity index (χ4v) is 5.34. The maximum atomic E-state index is 12.8. The smallest absolute Gasteiger partial charge is 0.263 e. The van der Waals surface area contributed by atoms with Crippen LogP contribution in [0.5, 0.6) is 0 Å². The maximum Gasteiger partial charge on any atom is 0.263 e. The number of nitrogen functional groups attached to an aromatic ring is 1. The Bertz CT molecular complexity index is 1020. The van der Waals surface area contributed by atoms with Crippen LogP contribution in [-0.2, 0) is 13.0 Å². The normalized spacial score (nSPS) is 15.1. The largest absolute Gasteiger partial charge is 0.397 e. The number of nitrogens with two attached hydrogens (primary N) is 1. The lowest BCUT2D eigenvalue weighted by atomic mass is 9.96. The number of rotatable bonds is 2. The summed E-state index contributed by atoms with van der Waals surface area (Å²) >= 11 is 3.10. The molecule has 0 radical (unpaired) electrons. The van der Waals surface area contributed by atoms with Crippen LogP contribution in [-0.4, -0.2) is 34.9 Å². The van der Waals surface area contributed by atoms with Crippen LogP contribution >= 0.6 is 22.7 Å². The van der Waals surface area contributed by atoms with Gasteiger partial charge in [0.05, 0.1) is 5.69 Å². The molecule has 4 rings (SSSR count). The van der Waals surface area contributed by atoms with E-state index in [1.807, 2.05) is 20.8 Å². The number of aromatic nitrogens is 1. The van der Waals surface area contributed by atoms with Gasteiger partial charge in [0.2, 0.25) is 0 Å². The van der Waals surface area contributed by atoms with Crippen LogP contribution < -0.4 is 11.1 Å². The highest BCUT2D eigenvalue weighted by atomic mass is 32.1. The van der Waals surface area contributed by atoms with E-state index in [-0.39, 0.29) is 11.4 Å². The molecule has 0 aromatic carbocycles. The second kappa shape index (κ2) is 6.58. The summed E-state index contributed by atoms with van der Waals surface area (Å²) in [5.74, 6) is -0.129. The monoisotopic (exact) mass is 400 g/mol. The zero-order valence-corrected chi connectivity index (χ0v) is 17.7. The van der Waals surface area contributed by atoms with Crippen LogP contribution in [0.2, 0.25) is 0 Å². The molecule has 4 heterocycles. The fraction of sp³-hybridized carbons (Fsp3) is 0.400. The predicted molar refractivity (Wildman–Crippen MR) is 115 cm³/mol. The van der Waals surface area contributed by atoms with Crippen molar-refractivity contribution in [3.63, 3.8) is 0 Å². The van der Waals surface area contributed by atoms with E-state index < -0.39 is 0 Å². The standard InChI is InChI=1S/C20H24N4OS2/c1-20(2,3)23-18(25)17-16(21)15-14(13-6-5-9-26-13)11-10-24(4)8-7-12(11)22-19(15)27-17/h5-6,9H,7-8,10,21H2,1-4H3,(H,23,25). The Morgan fingerprint density at radius 2 is 2.15 bits per heavy atom. The van der Waals surface area contributed by atoms with Gasteiger partial charge in [0, 0.05) is 46.6 Å². The Morgan fingerprint density at radius 1 is 1.37 bits per heavy atom. The highest BCUT2D eigenvalue weighted by molar-refractivity contribution is 7.21. The Balaban J connectivity index is 1.96. The van der Waals surface area contributed by atoms with E-state index in [1.54, 1.807) is 11.3 Å². The molecule has 1 aliphatic rings. The summed E-state index contributed by atoms with van der Waals surface area (Å²) in [5, 5.41) is 6.03. The van der Waals surface area contributed by atoms with Crippen LogP contribution in [0.4, 0.5) is 5.69 Å². The molecule has 142 valence electrons. The molecule has 0 bridgehead atoms.